The number of hydrogen-bond donors (Lipinski definition) is 2. The summed E-state index contributed by atoms with van der Waals surface area (Å²) in [6.07, 6.45) is 3.33. The fraction of sp³-hybridized carbons (Fsp3) is 0.111. The molecule has 0 aliphatic heterocycles. The summed E-state index contributed by atoms with van der Waals surface area (Å²) in [4.78, 5) is 24.7. The molecule has 25 heavy (non-hydrogen) atoms. The minimum atomic E-state index is -0.368. The highest BCUT2D eigenvalue weighted by molar-refractivity contribution is 5.92. The van der Waals surface area contributed by atoms with Gasteiger partial charge in [0.05, 0.1) is 0 Å². The predicted molar refractivity (Wildman–Crippen MR) is 91.9 cm³/mol. The van der Waals surface area contributed by atoms with Crippen molar-refractivity contribution in [1.29, 1.82) is 0 Å². The van der Waals surface area contributed by atoms with E-state index in [0.717, 1.165) is 5.56 Å². The van der Waals surface area contributed by atoms with Gasteiger partial charge >= 0.3 is 0 Å². The lowest BCUT2D eigenvalue weighted by Gasteiger charge is -2.09. The van der Waals surface area contributed by atoms with Crippen molar-refractivity contribution in [3.8, 4) is 0 Å². The van der Waals surface area contributed by atoms with E-state index in [9.17, 15) is 9.18 Å². The minimum absolute atomic E-state index is 0.236. The fourth-order valence-electron chi connectivity index (χ4n) is 2.21. The molecular weight excluding hydrogens is 321 g/mol. The molecule has 3 rings (SSSR count). The van der Waals surface area contributed by atoms with E-state index >= 15 is 0 Å². The van der Waals surface area contributed by atoms with Crippen LogP contribution in [-0.2, 0) is 6.54 Å². The van der Waals surface area contributed by atoms with Gasteiger partial charge in [0.25, 0.3) is 5.91 Å². The van der Waals surface area contributed by atoms with Crippen molar-refractivity contribution in [3.63, 3.8) is 0 Å². The van der Waals surface area contributed by atoms with Gasteiger partial charge in [-0.05, 0) is 48.9 Å². The minimum Gasteiger partial charge on any atom is -0.347 e. The lowest BCUT2D eigenvalue weighted by atomic mass is 10.2. The molecule has 0 saturated heterocycles. The van der Waals surface area contributed by atoms with E-state index in [2.05, 4.69) is 25.6 Å². The van der Waals surface area contributed by atoms with Gasteiger partial charge in [0.15, 0.2) is 0 Å². The van der Waals surface area contributed by atoms with Gasteiger partial charge in [0.2, 0.25) is 5.95 Å². The maximum Gasteiger partial charge on any atom is 0.270 e. The van der Waals surface area contributed by atoms with Crippen LogP contribution < -0.4 is 10.6 Å². The molecule has 0 atom stereocenters. The molecule has 0 spiro atoms. The summed E-state index contributed by atoms with van der Waals surface area (Å²) in [5.74, 6) is -0.447. The molecule has 0 aliphatic carbocycles. The smallest absolute Gasteiger partial charge is 0.270 e. The van der Waals surface area contributed by atoms with Gasteiger partial charge in [-0.25, -0.2) is 14.4 Å². The molecule has 1 aromatic carbocycles. The Kier molecular flexibility index (Phi) is 4.94. The maximum atomic E-state index is 13.3. The first-order chi connectivity index (χ1) is 12.1. The number of aromatic nitrogens is 3. The summed E-state index contributed by atoms with van der Waals surface area (Å²) < 4.78 is 13.3. The summed E-state index contributed by atoms with van der Waals surface area (Å²) >= 11 is 0. The van der Waals surface area contributed by atoms with E-state index in [1.54, 1.807) is 37.5 Å². The van der Waals surface area contributed by atoms with Gasteiger partial charge < -0.3 is 10.6 Å². The van der Waals surface area contributed by atoms with Crippen molar-refractivity contribution in [1.82, 2.24) is 20.3 Å². The Bertz CT molecular complexity index is 886. The molecule has 2 heterocycles. The Labute approximate surface area is 144 Å². The van der Waals surface area contributed by atoms with Crippen molar-refractivity contribution in [3.05, 3.63) is 77.6 Å². The molecule has 0 unspecified atom stereocenters. The first kappa shape index (κ1) is 16.5. The third-order valence-electron chi connectivity index (χ3n) is 3.37. The number of benzene rings is 1. The number of carbonyl (C=O) groups is 1. The number of rotatable bonds is 5. The Hall–Kier alpha value is -3.35. The highest BCUT2D eigenvalue weighted by Crippen LogP contribution is 2.15. The maximum absolute atomic E-state index is 13.3. The van der Waals surface area contributed by atoms with Crippen LogP contribution in [0.3, 0.4) is 0 Å². The van der Waals surface area contributed by atoms with Gasteiger partial charge in [0.1, 0.15) is 11.5 Å². The average Bonchev–Trinajstić information content (AvgIpc) is 2.60. The van der Waals surface area contributed by atoms with E-state index in [1.807, 2.05) is 12.1 Å². The van der Waals surface area contributed by atoms with Crippen LogP contribution in [0.5, 0.6) is 0 Å². The normalized spacial score (nSPS) is 10.3. The number of halogens is 1. The first-order valence-corrected chi connectivity index (χ1v) is 7.65. The molecule has 6 nitrogen and oxygen atoms in total. The van der Waals surface area contributed by atoms with Gasteiger partial charge in [-0.1, -0.05) is 6.07 Å². The molecule has 0 saturated carbocycles. The zero-order chi connectivity index (χ0) is 17.6. The zero-order valence-corrected chi connectivity index (χ0v) is 13.5. The van der Waals surface area contributed by atoms with Crippen molar-refractivity contribution in [2.45, 2.75) is 13.5 Å². The topological polar surface area (TPSA) is 79.8 Å². The summed E-state index contributed by atoms with van der Waals surface area (Å²) in [5, 5.41) is 5.70. The fourth-order valence-corrected chi connectivity index (χ4v) is 2.21. The van der Waals surface area contributed by atoms with Crippen LogP contribution in [0.1, 0.15) is 21.7 Å². The molecule has 2 aromatic heterocycles. The molecule has 3 aromatic rings. The van der Waals surface area contributed by atoms with E-state index in [-0.39, 0.29) is 23.4 Å². The summed E-state index contributed by atoms with van der Waals surface area (Å²) in [7, 11) is 0. The van der Waals surface area contributed by atoms with Crippen LogP contribution in [0.15, 0.2) is 54.9 Å². The Balaban J connectivity index is 1.73. The van der Waals surface area contributed by atoms with E-state index in [4.69, 9.17) is 0 Å². The molecular formula is C18H16FN5O. The van der Waals surface area contributed by atoms with Crippen LogP contribution in [0.4, 0.5) is 16.0 Å². The molecule has 0 radical (unpaired) electrons. The van der Waals surface area contributed by atoms with Gasteiger partial charge in [-0.2, -0.15) is 0 Å². The number of aryl methyl sites for hydroxylation is 1. The average molecular weight is 337 g/mol. The number of pyridine rings is 1. The monoisotopic (exact) mass is 337 g/mol. The number of hydrogen-bond acceptors (Lipinski definition) is 5. The molecule has 0 aliphatic rings. The van der Waals surface area contributed by atoms with Crippen molar-refractivity contribution < 1.29 is 9.18 Å². The highest BCUT2D eigenvalue weighted by atomic mass is 19.1. The summed E-state index contributed by atoms with van der Waals surface area (Å²) in [6.45, 7) is 2.13. The van der Waals surface area contributed by atoms with Crippen LogP contribution in [0.25, 0.3) is 0 Å². The Morgan fingerprint density at radius 1 is 1.12 bits per heavy atom. The van der Waals surface area contributed by atoms with Crippen molar-refractivity contribution in [2.75, 3.05) is 5.32 Å². The van der Waals surface area contributed by atoms with Crippen molar-refractivity contribution in [2.24, 2.45) is 0 Å². The predicted octanol–water partition coefficient (Wildman–Crippen LogP) is 2.99. The zero-order valence-electron chi connectivity index (χ0n) is 13.5. The SMILES string of the molecule is Cc1cc(C(=O)NCc2ccncc2)nc(Nc2cccc(F)c2)n1. The number of carbonyl (C=O) groups excluding carboxylic acids is 1. The molecule has 0 bridgehead atoms. The largest absolute Gasteiger partial charge is 0.347 e. The summed E-state index contributed by atoms with van der Waals surface area (Å²) in [5.41, 5.74) is 2.31. The molecule has 1 amide bonds. The first-order valence-electron chi connectivity index (χ1n) is 7.65. The van der Waals surface area contributed by atoms with Crippen molar-refractivity contribution >= 4 is 17.5 Å². The highest BCUT2D eigenvalue weighted by Gasteiger charge is 2.11. The van der Waals surface area contributed by atoms with E-state index < -0.39 is 0 Å². The Morgan fingerprint density at radius 3 is 2.68 bits per heavy atom. The number of amides is 1. The number of anilines is 2. The van der Waals surface area contributed by atoms with E-state index in [1.165, 1.54) is 12.1 Å². The number of nitrogens with one attached hydrogen (secondary N) is 2. The lowest BCUT2D eigenvalue weighted by Crippen LogP contribution is -2.24. The van der Waals surface area contributed by atoms with Crippen LogP contribution in [-0.4, -0.2) is 20.9 Å². The third-order valence-corrected chi connectivity index (χ3v) is 3.37. The van der Waals surface area contributed by atoms with Crippen LogP contribution in [0.2, 0.25) is 0 Å². The summed E-state index contributed by atoms with van der Waals surface area (Å²) in [6, 6.07) is 11.2. The second-order valence-corrected chi connectivity index (χ2v) is 5.39. The molecule has 0 fully saturated rings. The van der Waals surface area contributed by atoms with E-state index in [0.29, 0.717) is 17.9 Å². The standard InChI is InChI=1S/C18H16FN5O/c1-12-9-16(17(25)21-11-13-5-7-20-8-6-13)24-18(22-12)23-15-4-2-3-14(19)10-15/h2-10H,11H2,1H3,(H,21,25)(H,22,23,24). The Morgan fingerprint density at radius 2 is 1.92 bits per heavy atom. The van der Waals surface area contributed by atoms with Crippen LogP contribution >= 0.6 is 0 Å². The van der Waals surface area contributed by atoms with Gasteiger partial charge in [0, 0.05) is 30.3 Å². The lowest BCUT2D eigenvalue weighted by molar-refractivity contribution is 0.0945. The van der Waals surface area contributed by atoms with Gasteiger partial charge in [-0.15, -0.1) is 0 Å². The molecule has 2 N–H and O–H groups in total. The molecule has 126 valence electrons. The second-order valence-electron chi connectivity index (χ2n) is 5.39. The second kappa shape index (κ2) is 7.48. The van der Waals surface area contributed by atoms with Crippen LogP contribution in [0, 0.1) is 12.7 Å². The third kappa shape index (κ3) is 4.57. The molecule has 7 heteroatoms. The quantitative estimate of drug-likeness (QED) is 0.748. The number of nitrogens with zero attached hydrogens (tertiary/aromatic N) is 3. The van der Waals surface area contributed by atoms with Gasteiger partial charge in [-0.3, -0.25) is 9.78 Å².